The number of aliphatic hydroxyl groups excluding tert-OH is 2. The third-order valence-corrected chi connectivity index (χ3v) is 11.0. The summed E-state index contributed by atoms with van der Waals surface area (Å²) in [5.41, 5.74) is 9.63. The van der Waals surface area contributed by atoms with E-state index < -0.39 is 19.2 Å². The third-order valence-electron chi connectivity index (χ3n) is 10.5. The molecule has 2 aliphatic rings. The van der Waals surface area contributed by atoms with E-state index in [9.17, 15) is 9.59 Å². The van der Waals surface area contributed by atoms with Crippen molar-refractivity contribution < 1.29 is 24.5 Å². The molecule has 320 valence electrons. The predicted octanol–water partition coefficient (Wildman–Crippen LogP) is 6.86. The van der Waals surface area contributed by atoms with Crippen LogP contribution in [-0.4, -0.2) is 113 Å². The van der Waals surface area contributed by atoms with Gasteiger partial charge in [-0.25, -0.2) is 24.7 Å². The van der Waals surface area contributed by atoms with Crippen molar-refractivity contribution in [1.29, 1.82) is 0 Å². The Balaban J connectivity index is 0.000000172. The van der Waals surface area contributed by atoms with Gasteiger partial charge in [-0.1, -0.05) is 60.8 Å². The molecule has 2 aliphatic heterocycles. The van der Waals surface area contributed by atoms with E-state index in [4.69, 9.17) is 33.4 Å². The Morgan fingerprint density at radius 3 is 1.64 bits per heavy atom. The molecule has 0 aliphatic carbocycles. The standard InChI is InChI=1S/C20H20ClN5O2.C18H18ClN5.C6H12O3/c21-15-3-1-13(2-4-15)19-18(16-5-8-22-12-23-16)20(25-24-19)14-6-9-26(10-7-14)17(28)11-27;19-14-3-1-12(2-4-14)17-16(15-7-10-21-11-22-15)18(24-23-17)13-5-8-20-9-6-13;1-2-3-4-9-6(8)5-7/h1-5,8,12,14,27H,6-7,9-11H2,(H,24,25);1-4,7,10-11,13,20H,5-6,8-9H2,(H,23,24);7H,2-5H2,1H3. The van der Waals surface area contributed by atoms with Crippen molar-refractivity contribution in [2.45, 2.75) is 57.3 Å². The Morgan fingerprint density at radius 2 is 1.21 bits per heavy atom. The lowest BCUT2D eigenvalue weighted by Crippen LogP contribution is -2.39. The maximum absolute atomic E-state index is 11.7. The monoisotopic (exact) mass is 868 g/mol. The SMILES string of the molecule is CCCCOC(=O)CO.Clc1ccc(-c2n[nH]c(C3CCNCC3)c2-c2ccncn2)cc1.O=C(CO)N1CCC(c2[nH]nc(-c3ccc(Cl)cc3)c2-c2ccncn2)CC1. The molecular weight excluding hydrogens is 819 g/mol. The number of unbranched alkanes of at least 4 members (excludes halogenated alkanes) is 1. The van der Waals surface area contributed by atoms with Gasteiger partial charge in [0.1, 0.15) is 37.3 Å². The average molecular weight is 870 g/mol. The quantitative estimate of drug-likeness (QED) is 0.0669. The van der Waals surface area contributed by atoms with E-state index in [0.29, 0.717) is 30.6 Å². The number of likely N-dealkylation sites (tertiary alicyclic amines) is 1. The third kappa shape index (κ3) is 12.0. The van der Waals surface area contributed by atoms with Gasteiger partial charge in [0.2, 0.25) is 5.91 Å². The minimum atomic E-state index is -0.538. The number of ether oxygens (including phenoxy) is 1. The van der Waals surface area contributed by atoms with Crippen LogP contribution >= 0.6 is 23.2 Å². The lowest BCUT2D eigenvalue weighted by Gasteiger charge is -2.31. The first-order chi connectivity index (χ1) is 29.8. The molecule has 61 heavy (non-hydrogen) atoms. The fourth-order valence-electron chi connectivity index (χ4n) is 7.33. The molecule has 1 amide bonds. The molecule has 8 rings (SSSR count). The van der Waals surface area contributed by atoms with E-state index in [2.05, 4.69) is 50.4 Å². The molecule has 0 radical (unpaired) electrons. The fourth-order valence-corrected chi connectivity index (χ4v) is 7.59. The lowest BCUT2D eigenvalue weighted by molar-refractivity contribution is -0.147. The number of nitrogens with zero attached hydrogens (tertiary/aromatic N) is 7. The molecule has 0 spiro atoms. The maximum atomic E-state index is 11.7. The highest BCUT2D eigenvalue weighted by molar-refractivity contribution is 6.31. The zero-order valence-electron chi connectivity index (χ0n) is 33.9. The number of aromatic nitrogens is 8. The van der Waals surface area contributed by atoms with E-state index in [1.54, 1.807) is 23.6 Å². The van der Waals surface area contributed by atoms with Crippen LogP contribution in [0.25, 0.3) is 45.0 Å². The summed E-state index contributed by atoms with van der Waals surface area (Å²) in [6.45, 7) is 4.77. The van der Waals surface area contributed by atoms with Crippen molar-refractivity contribution in [2.24, 2.45) is 0 Å². The minimum Gasteiger partial charge on any atom is -0.464 e. The highest BCUT2D eigenvalue weighted by Gasteiger charge is 2.29. The average Bonchev–Trinajstić information content (AvgIpc) is 3.97. The minimum absolute atomic E-state index is 0.221. The van der Waals surface area contributed by atoms with Gasteiger partial charge in [-0.15, -0.1) is 0 Å². The highest BCUT2D eigenvalue weighted by Crippen LogP contribution is 2.40. The van der Waals surface area contributed by atoms with Crippen LogP contribution in [-0.2, 0) is 14.3 Å². The Bertz CT molecular complexity index is 2260. The van der Waals surface area contributed by atoms with Crippen molar-refractivity contribution in [3.8, 4) is 45.0 Å². The largest absolute Gasteiger partial charge is 0.464 e. The second-order valence-corrected chi connectivity index (χ2v) is 15.4. The number of carbonyl (C=O) groups is 2. The summed E-state index contributed by atoms with van der Waals surface area (Å²) in [5.74, 6) is -0.0737. The molecule has 0 saturated carbocycles. The molecule has 6 heterocycles. The highest BCUT2D eigenvalue weighted by atomic mass is 35.5. The summed E-state index contributed by atoms with van der Waals surface area (Å²) in [4.78, 5) is 40.6. The Labute approximate surface area is 364 Å². The Hall–Kier alpha value is -5.58. The normalized spacial score (nSPS) is 14.3. The number of nitrogens with one attached hydrogen (secondary N) is 3. The van der Waals surface area contributed by atoms with Crippen molar-refractivity contribution in [2.75, 3.05) is 46.0 Å². The van der Waals surface area contributed by atoms with Crippen molar-refractivity contribution >= 4 is 35.1 Å². The number of H-pyrrole nitrogens is 2. The molecule has 2 aromatic carbocycles. The fraction of sp³-hybridized carbons (Fsp3) is 0.364. The van der Waals surface area contributed by atoms with Crippen LogP contribution in [0.3, 0.4) is 0 Å². The maximum Gasteiger partial charge on any atom is 0.331 e. The Morgan fingerprint density at radius 1 is 0.721 bits per heavy atom. The van der Waals surface area contributed by atoms with E-state index >= 15 is 0 Å². The molecule has 4 aromatic heterocycles. The molecule has 0 atom stereocenters. The summed E-state index contributed by atoms with van der Waals surface area (Å²) >= 11 is 12.1. The van der Waals surface area contributed by atoms with Crippen molar-refractivity contribution in [3.63, 3.8) is 0 Å². The summed E-state index contributed by atoms with van der Waals surface area (Å²) in [6, 6.07) is 19.1. The van der Waals surface area contributed by atoms with Crippen LogP contribution in [0.5, 0.6) is 0 Å². The van der Waals surface area contributed by atoms with E-state index in [0.717, 1.165) is 107 Å². The van der Waals surface area contributed by atoms with Crippen LogP contribution in [0.4, 0.5) is 0 Å². The Kier molecular flexibility index (Phi) is 16.8. The molecule has 0 bridgehead atoms. The van der Waals surface area contributed by atoms with Gasteiger partial charge in [-0.05, 0) is 81.6 Å². The van der Waals surface area contributed by atoms with Gasteiger partial charge in [0, 0.05) is 81.0 Å². The number of amides is 1. The van der Waals surface area contributed by atoms with Gasteiger partial charge in [0.15, 0.2) is 0 Å². The molecule has 17 heteroatoms. The van der Waals surface area contributed by atoms with Gasteiger partial charge in [-0.3, -0.25) is 15.0 Å². The topological polar surface area (TPSA) is 208 Å². The van der Waals surface area contributed by atoms with Crippen molar-refractivity contribution in [3.05, 3.63) is 107 Å². The predicted molar refractivity (Wildman–Crippen MR) is 234 cm³/mol. The number of carbonyl (C=O) groups excluding carboxylic acids is 2. The molecule has 6 aromatic rings. The smallest absolute Gasteiger partial charge is 0.331 e. The van der Waals surface area contributed by atoms with Crippen LogP contribution in [0.1, 0.15) is 68.7 Å². The molecular formula is C44H50Cl2N10O5. The first-order valence-corrected chi connectivity index (χ1v) is 21.1. The molecule has 5 N–H and O–H groups in total. The summed E-state index contributed by atoms with van der Waals surface area (Å²) < 4.78 is 4.54. The van der Waals surface area contributed by atoms with Gasteiger partial charge < -0.3 is 25.2 Å². The van der Waals surface area contributed by atoms with Gasteiger partial charge in [-0.2, -0.15) is 10.2 Å². The number of hydrogen-bond acceptors (Lipinski definition) is 12. The van der Waals surface area contributed by atoms with E-state index in [-0.39, 0.29) is 11.8 Å². The first-order valence-electron chi connectivity index (χ1n) is 20.4. The number of esters is 1. The second-order valence-electron chi connectivity index (χ2n) is 14.5. The molecule has 2 saturated heterocycles. The summed E-state index contributed by atoms with van der Waals surface area (Å²) in [5, 5.41) is 37.8. The summed E-state index contributed by atoms with van der Waals surface area (Å²) in [7, 11) is 0. The van der Waals surface area contributed by atoms with Crippen LogP contribution < -0.4 is 5.32 Å². The molecule has 0 unspecified atom stereocenters. The number of rotatable bonds is 11. The number of hydrogen-bond donors (Lipinski definition) is 5. The van der Waals surface area contributed by atoms with Crippen LogP contribution in [0.2, 0.25) is 10.0 Å². The number of aromatic amines is 2. The van der Waals surface area contributed by atoms with Crippen LogP contribution in [0.15, 0.2) is 85.7 Å². The summed E-state index contributed by atoms with van der Waals surface area (Å²) in [6.07, 6.45) is 12.3. The molecule has 2 fully saturated rings. The number of piperidine rings is 2. The lowest BCUT2D eigenvalue weighted by atomic mass is 9.89. The van der Waals surface area contributed by atoms with E-state index in [1.165, 1.54) is 12.0 Å². The van der Waals surface area contributed by atoms with Gasteiger partial charge in [0.05, 0.1) is 18.0 Å². The zero-order chi connectivity index (χ0) is 43.0. The number of halogens is 2. The second kappa shape index (κ2) is 22.9. The number of benzene rings is 2. The van der Waals surface area contributed by atoms with E-state index in [1.807, 2.05) is 67.6 Å². The first kappa shape index (κ1) is 45.0. The zero-order valence-corrected chi connectivity index (χ0v) is 35.4. The van der Waals surface area contributed by atoms with Gasteiger partial charge in [0.25, 0.3) is 0 Å². The van der Waals surface area contributed by atoms with Gasteiger partial charge >= 0.3 is 5.97 Å². The van der Waals surface area contributed by atoms with Crippen molar-refractivity contribution in [1.82, 2.24) is 50.5 Å². The number of aliphatic hydroxyl groups is 2. The molecule has 15 nitrogen and oxygen atoms in total. The van der Waals surface area contributed by atoms with Crippen LogP contribution in [0, 0.1) is 0 Å².